The zero-order valence-corrected chi connectivity index (χ0v) is 10.9. The zero-order valence-electron chi connectivity index (χ0n) is 10.9. The maximum absolute atomic E-state index is 11.7. The van der Waals surface area contributed by atoms with Gasteiger partial charge >= 0.3 is 5.97 Å². The molecule has 0 aliphatic carbocycles. The van der Waals surface area contributed by atoms with Gasteiger partial charge in [-0.05, 0) is 19.3 Å². The predicted octanol–water partition coefficient (Wildman–Crippen LogP) is 0.226. The average molecular weight is 256 g/mol. The van der Waals surface area contributed by atoms with Gasteiger partial charge in [0.25, 0.3) is 0 Å². The van der Waals surface area contributed by atoms with Crippen molar-refractivity contribution < 1.29 is 19.5 Å². The second-order valence-corrected chi connectivity index (χ2v) is 4.73. The van der Waals surface area contributed by atoms with Crippen LogP contribution < -0.4 is 5.32 Å². The lowest BCUT2D eigenvalue weighted by atomic mass is 9.76. The summed E-state index contributed by atoms with van der Waals surface area (Å²) in [7, 11) is 0. The van der Waals surface area contributed by atoms with E-state index in [-0.39, 0.29) is 18.4 Å². The van der Waals surface area contributed by atoms with E-state index in [4.69, 9.17) is 0 Å². The van der Waals surface area contributed by atoms with Gasteiger partial charge in [0, 0.05) is 20.0 Å². The highest BCUT2D eigenvalue weighted by atomic mass is 16.4. The minimum Gasteiger partial charge on any atom is -0.481 e. The Balaban J connectivity index is 2.50. The van der Waals surface area contributed by atoms with Crippen LogP contribution in [-0.2, 0) is 14.4 Å². The first-order valence-electron chi connectivity index (χ1n) is 6.17. The fourth-order valence-electron chi connectivity index (χ4n) is 2.21. The first-order valence-corrected chi connectivity index (χ1v) is 6.17. The summed E-state index contributed by atoms with van der Waals surface area (Å²) in [5.41, 5.74) is -0.690. The largest absolute Gasteiger partial charge is 0.481 e. The molecule has 0 radical (unpaired) electrons. The Morgan fingerprint density at radius 2 is 1.83 bits per heavy atom. The van der Waals surface area contributed by atoms with Crippen LogP contribution in [0.25, 0.3) is 0 Å². The summed E-state index contributed by atoms with van der Waals surface area (Å²) in [6.07, 6.45) is 1.53. The maximum Gasteiger partial charge on any atom is 0.309 e. The van der Waals surface area contributed by atoms with E-state index in [0.717, 1.165) is 0 Å². The van der Waals surface area contributed by atoms with Gasteiger partial charge < -0.3 is 15.3 Å². The van der Waals surface area contributed by atoms with Gasteiger partial charge in [0.2, 0.25) is 11.8 Å². The van der Waals surface area contributed by atoms with Crippen molar-refractivity contribution in [3.8, 4) is 0 Å². The van der Waals surface area contributed by atoms with E-state index in [1.54, 1.807) is 4.90 Å². The van der Waals surface area contributed by atoms with Gasteiger partial charge in [-0.3, -0.25) is 14.4 Å². The van der Waals surface area contributed by atoms with Crippen molar-refractivity contribution in [2.24, 2.45) is 5.41 Å². The van der Waals surface area contributed by atoms with Crippen LogP contribution in [0, 0.1) is 5.41 Å². The maximum atomic E-state index is 11.7. The van der Waals surface area contributed by atoms with Crippen molar-refractivity contribution >= 4 is 17.8 Å². The number of aliphatic carboxylic acids is 1. The van der Waals surface area contributed by atoms with E-state index < -0.39 is 11.4 Å². The molecule has 0 atom stereocenters. The molecule has 1 aliphatic heterocycles. The van der Waals surface area contributed by atoms with Crippen molar-refractivity contribution in [3.05, 3.63) is 0 Å². The van der Waals surface area contributed by atoms with Gasteiger partial charge in [-0.1, -0.05) is 6.92 Å². The van der Waals surface area contributed by atoms with Gasteiger partial charge in [0.15, 0.2) is 0 Å². The Kier molecular flexibility index (Phi) is 4.69. The van der Waals surface area contributed by atoms with Crippen molar-refractivity contribution in [2.75, 3.05) is 19.6 Å². The molecule has 1 saturated heterocycles. The van der Waals surface area contributed by atoms with E-state index in [0.29, 0.717) is 32.4 Å². The molecule has 1 heterocycles. The molecule has 6 nitrogen and oxygen atoms in total. The number of carboxylic acid groups (broad SMARTS) is 1. The highest BCUT2D eigenvalue weighted by Gasteiger charge is 2.40. The first-order chi connectivity index (χ1) is 8.41. The molecule has 1 rings (SSSR count). The smallest absolute Gasteiger partial charge is 0.309 e. The summed E-state index contributed by atoms with van der Waals surface area (Å²) < 4.78 is 0. The summed E-state index contributed by atoms with van der Waals surface area (Å²) in [6, 6.07) is 0. The molecule has 102 valence electrons. The number of likely N-dealkylation sites (tertiary alicyclic amines) is 1. The van der Waals surface area contributed by atoms with Gasteiger partial charge in [0.1, 0.15) is 0 Å². The summed E-state index contributed by atoms with van der Waals surface area (Å²) in [4.78, 5) is 35.3. The van der Waals surface area contributed by atoms with Gasteiger partial charge in [-0.15, -0.1) is 0 Å². The van der Waals surface area contributed by atoms with Gasteiger partial charge in [-0.2, -0.15) is 0 Å². The van der Waals surface area contributed by atoms with Crippen LogP contribution in [0.4, 0.5) is 0 Å². The number of amides is 2. The molecular weight excluding hydrogens is 236 g/mol. The fraction of sp³-hybridized carbons (Fsp3) is 0.750. The first kappa shape index (κ1) is 14.5. The number of hydrogen-bond donors (Lipinski definition) is 2. The van der Waals surface area contributed by atoms with Crippen molar-refractivity contribution in [2.45, 2.75) is 33.1 Å². The number of carbonyl (C=O) groups excluding carboxylic acids is 2. The van der Waals surface area contributed by atoms with Crippen molar-refractivity contribution in [1.82, 2.24) is 10.2 Å². The number of carboxylic acids is 1. The summed E-state index contributed by atoms with van der Waals surface area (Å²) in [6.45, 7) is 4.09. The second kappa shape index (κ2) is 5.84. The lowest BCUT2D eigenvalue weighted by Gasteiger charge is -2.38. The Labute approximate surface area is 106 Å². The normalized spacial score (nSPS) is 18.2. The van der Waals surface area contributed by atoms with Crippen LogP contribution in [0.5, 0.6) is 0 Å². The van der Waals surface area contributed by atoms with E-state index in [2.05, 4.69) is 5.32 Å². The molecule has 0 spiro atoms. The molecule has 2 N–H and O–H groups in total. The minimum absolute atomic E-state index is 0.0124. The van der Waals surface area contributed by atoms with Crippen molar-refractivity contribution in [1.29, 1.82) is 0 Å². The van der Waals surface area contributed by atoms with E-state index in [1.807, 2.05) is 6.92 Å². The number of piperidine rings is 1. The van der Waals surface area contributed by atoms with Crippen LogP contribution in [0.2, 0.25) is 0 Å². The molecule has 0 aromatic rings. The van der Waals surface area contributed by atoms with Gasteiger partial charge in [-0.25, -0.2) is 0 Å². The number of hydrogen-bond acceptors (Lipinski definition) is 3. The van der Waals surface area contributed by atoms with Crippen LogP contribution in [0.1, 0.15) is 33.1 Å². The molecule has 0 saturated carbocycles. The topological polar surface area (TPSA) is 86.7 Å². The third kappa shape index (κ3) is 3.21. The number of rotatable bonds is 4. The Morgan fingerprint density at radius 1 is 1.28 bits per heavy atom. The minimum atomic E-state index is -0.779. The highest BCUT2D eigenvalue weighted by molar-refractivity contribution is 5.84. The second-order valence-electron chi connectivity index (χ2n) is 4.73. The summed E-state index contributed by atoms with van der Waals surface area (Å²) in [5, 5.41) is 11.7. The molecule has 0 unspecified atom stereocenters. The molecular formula is C12H20N2O4. The number of carbonyl (C=O) groups is 3. The monoisotopic (exact) mass is 256 g/mol. The molecule has 18 heavy (non-hydrogen) atoms. The van der Waals surface area contributed by atoms with Crippen molar-refractivity contribution in [3.63, 3.8) is 0 Å². The molecule has 2 amide bonds. The lowest BCUT2D eigenvalue weighted by Crippen LogP contribution is -2.48. The summed E-state index contributed by atoms with van der Waals surface area (Å²) >= 11 is 0. The summed E-state index contributed by atoms with van der Waals surface area (Å²) in [5.74, 6) is -1.17. The SMILES string of the molecule is CCC1(C(=O)O)CCN(C(=O)CNC(C)=O)CC1. The number of nitrogens with zero attached hydrogens (tertiary/aromatic N) is 1. The Bertz CT molecular complexity index is 346. The highest BCUT2D eigenvalue weighted by Crippen LogP contribution is 2.35. The molecule has 0 bridgehead atoms. The Morgan fingerprint density at radius 3 is 2.22 bits per heavy atom. The van der Waals surface area contributed by atoms with E-state index in [1.165, 1.54) is 6.92 Å². The molecule has 6 heteroatoms. The van der Waals surface area contributed by atoms with E-state index in [9.17, 15) is 19.5 Å². The van der Waals surface area contributed by atoms with Crippen LogP contribution in [0.15, 0.2) is 0 Å². The molecule has 0 aromatic carbocycles. The Hall–Kier alpha value is -1.59. The molecule has 0 aromatic heterocycles. The molecule has 1 aliphatic rings. The van der Waals surface area contributed by atoms with Crippen LogP contribution in [0.3, 0.4) is 0 Å². The standard InChI is InChI=1S/C12H20N2O4/c1-3-12(11(17)18)4-6-14(7-5-12)10(16)8-13-9(2)15/h3-8H2,1-2H3,(H,13,15)(H,17,18). The fourth-order valence-corrected chi connectivity index (χ4v) is 2.21. The predicted molar refractivity (Wildman–Crippen MR) is 64.9 cm³/mol. The van der Waals surface area contributed by atoms with Crippen LogP contribution >= 0.6 is 0 Å². The third-order valence-electron chi connectivity index (χ3n) is 3.69. The van der Waals surface area contributed by atoms with Crippen LogP contribution in [-0.4, -0.2) is 47.4 Å². The van der Waals surface area contributed by atoms with Gasteiger partial charge in [0.05, 0.1) is 12.0 Å². The quantitative estimate of drug-likeness (QED) is 0.753. The zero-order chi connectivity index (χ0) is 13.8. The average Bonchev–Trinajstić information content (AvgIpc) is 2.35. The lowest BCUT2D eigenvalue weighted by molar-refractivity contribution is -0.154. The van der Waals surface area contributed by atoms with E-state index >= 15 is 0 Å². The third-order valence-corrected chi connectivity index (χ3v) is 3.69. The number of nitrogens with one attached hydrogen (secondary N) is 1. The molecule has 1 fully saturated rings.